The van der Waals surface area contributed by atoms with Crippen molar-refractivity contribution in [3.05, 3.63) is 35.5 Å². The first-order valence-corrected chi connectivity index (χ1v) is 9.42. The molecule has 6 heteroatoms. The van der Waals surface area contributed by atoms with E-state index in [9.17, 15) is 9.59 Å². The number of piperidine rings is 1. The number of amides is 2. The predicted molar refractivity (Wildman–Crippen MR) is 98.9 cm³/mol. The molecule has 2 fully saturated rings. The largest absolute Gasteiger partial charge is 0.361 e. The number of nitrogens with zero attached hydrogens (tertiary/aromatic N) is 2. The normalized spacial score (nSPS) is 29.7. The Kier molecular flexibility index (Phi) is 3.65. The van der Waals surface area contributed by atoms with Crippen molar-refractivity contribution in [3.8, 4) is 0 Å². The van der Waals surface area contributed by atoms with E-state index in [2.05, 4.69) is 46.6 Å². The van der Waals surface area contributed by atoms with E-state index in [-0.39, 0.29) is 11.8 Å². The summed E-state index contributed by atoms with van der Waals surface area (Å²) < 4.78 is 0. The molecule has 3 atom stereocenters. The number of rotatable bonds is 2. The first-order chi connectivity index (χ1) is 12.6. The number of carbonyl (C=O) groups is 2. The van der Waals surface area contributed by atoms with Crippen LogP contribution in [0.25, 0.3) is 10.9 Å². The van der Waals surface area contributed by atoms with Gasteiger partial charge in [0.05, 0.1) is 13.1 Å². The second-order valence-electron chi connectivity index (χ2n) is 8.14. The molecule has 6 nitrogen and oxygen atoms in total. The van der Waals surface area contributed by atoms with Crippen molar-refractivity contribution in [2.24, 2.45) is 5.92 Å². The number of carbonyl (C=O) groups excluding carboxylic acids is 2. The number of aromatic amines is 1. The molecule has 1 aromatic carbocycles. The Labute approximate surface area is 152 Å². The number of H-pyrrole nitrogens is 1. The summed E-state index contributed by atoms with van der Waals surface area (Å²) in [6, 6.07) is 7.12. The molecule has 3 aliphatic rings. The van der Waals surface area contributed by atoms with Crippen LogP contribution in [0.15, 0.2) is 24.4 Å². The third kappa shape index (κ3) is 2.56. The van der Waals surface area contributed by atoms with Gasteiger partial charge in [0.2, 0.25) is 11.8 Å². The summed E-state index contributed by atoms with van der Waals surface area (Å²) in [6.07, 6.45) is 4.38. The molecule has 5 rings (SSSR count). The van der Waals surface area contributed by atoms with Crippen LogP contribution in [-0.2, 0) is 16.0 Å². The third-order valence-electron chi connectivity index (χ3n) is 6.34. The van der Waals surface area contributed by atoms with Crippen LogP contribution in [0.3, 0.4) is 0 Å². The fourth-order valence-electron chi connectivity index (χ4n) is 5.38. The molecule has 2 amide bonds. The fourth-order valence-corrected chi connectivity index (χ4v) is 5.38. The van der Waals surface area contributed by atoms with Crippen molar-refractivity contribution in [1.29, 1.82) is 0 Å². The van der Waals surface area contributed by atoms with E-state index >= 15 is 0 Å². The molecule has 136 valence electrons. The Morgan fingerprint density at radius 3 is 2.81 bits per heavy atom. The van der Waals surface area contributed by atoms with Crippen molar-refractivity contribution in [1.82, 2.24) is 20.1 Å². The van der Waals surface area contributed by atoms with Gasteiger partial charge in [0.25, 0.3) is 0 Å². The van der Waals surface area contributed by atoms with Gasteiger partial charge in [-0.15, -0.1) is 0 Å². The number of fused-ring (bicyclic) bond motifs is 2. The molecule has 1 aliphatic carbocycles. The molecule has 0 unspecified atom stereocenters. The first kappa shape index (κ1) is 16.0. The highest BCUT2D eigenvalue weighted by molar-refractivity contribution is 5.99. The smallest absolute Gasteiger partial charge is 0.240 e. The SMILES string of the molecule is CN1C[C@H](CN2CC(=O)NC(=O)C2)C[C@H]2c3cccc4[nH]cc(c34)C[C@H]21. The van der Waals surface area contributed by atoms with Gasteiger partial charge in [-0.25, -0.2) is 0 Å². The quantitative estimate of drug-likeness (QED) is 0.794. The second-order valence-corrected chi connectivity index (χ2v) is 8.14. The average molecular weight is 352 g/mol. The molecule has 0 saturated carbocycles. The van der Waals surface area contributed by atoms with Crippen LogP contribution in [-0.4, -0.2) is 65.9 Å². The van der Waals surface area contributed by atoms with Gasteiger partial charge < -0.3 is 9.88 Å². The first-order valence-electron chi connectivity index (χ1n) is 9.42. The summed E-state index contributed by atoms with van der Waals surface area (Å²) >= 11 is 0. The van der Waals surface area contributed by atoms with Crippen LogP contribution < -0.4 is 5.32 Å². The molecule has 0 radical (unpaired) electrons. The number of imide groups is 1. The molecule has 1 aromatic heterocycles. The molecular weight excluding hydrogens is 328 g/mol. The Morgan fingerprint density at radius 1 is 1.19 bits per heavy atom. The van der Waals surface area contributed by atoms with Crippen LogP contribution in [0.4, 0.5) is 0 Å². The second kappa shape index (κ2) is 5.93. The highest BCUT2D eigenvalue weighted by Gasteiger charge is 2.40. The van der Waals surface area contributed by atoms with Crippen molar-refractivity contribution in [3.63, 3.8) is 0 Å². The molecule has 2 saturated heterocycles. The van der Waals surface area contributed by atoms with Crippen molar-refractivity contribution in [2.75, 3.05) is 33.2 Å². The standard InChI is InChI=1S/C20H24N4O2/c1-23-8-12(9-24-10-18(25)22-19(26)11-24)5-15-14-3-2-4-16-20(14)13(7-21-16)6-17(15)23/h2-4,7,12,15,17,21H,5-6,8-11H2,1H3,(H,22,25,26)/t12-,15+,17-/m1/s1. The summed E-state index contributed by atoms with van der Waals surface area (Å²) in [5, 5.41) is 3.80. The molecule has 0 spiro atoms. The van der Waals surface area contributed by atoms with Crippen molar-refractivity contribution < 1.29 is 9.59 Å². The fraction of sp³-hybridized carbons (Fsp3) is 0.500. The lowest BCUT2D eigenvalue weighted by molar-refractivity contribution is -0.136. The maximum Gasteiger partial charge on any atom is 0.240 e. The van der Waals surface area contributed by atoms with Gasteiger partial charge in [-0.2, -0.15) is 0 Å². The van der Waals surface area contributed by atoms with Crippen molar-refractivity contribution in [2.45, 2.75) is 24.8 Å². The van der Waals surface area contributed by atoms with Gasteiger partial charge in [-0.1, -0.05) is 12.1 Å². The van der Waals surface area contributed by atoms with Crippen LogP contribution in [0.5, 0.6) is 0 Å². The topological polar surface area (TPSA) is 68.4 Å². The van der Waals surface area contributed by atoms with E-state index in [1.807, 2.05) is 4.90 Å². The van der Waals surface area contributed by atoms with Crippen molar-refractivity contribution >= 4 is 22.7 Å². The van der Waals surface area contributed by atoms with Crippen LogP contribution in [0.1, 0.15) is 23.5 Å². The lowest BCUT2D eigenvalue weighted by Gasteiger charge is -2.46. The number of nitrogens with one attached hydrogen (secondary N) is 2. The van der Waals surface area contributed by atoms with Gasteiger partial charge in [-0.3, -0.25) is 19.8 Å². The zero-order valence-corrected chi connectivity index (χ0v) is 15.0. The summed E-state index contributed by atoms with van der Waals surface area (Å²) in [5.74, 6) is 0.626. The Hall–Kier alpha value is -2.18. The van der Waals surface area contributed by atoms with Gasteiger partial charge in [0.15, 0.2) is 0 Å². The predicted octanol–water partition coefficient (Wildman–Crippen LogP) is 1.09. The molecule has 26 heavy (non-hydrogen) atoms. The van der Waals surface area contributed by atoms with E-state index in [0.717, 1.165) is 25.9 Å². The summed E-state index contributed by atoms with van der Waals surface area (Å²) in [4.78, 5) is 31.2. The zero-order valence-electron chi connectivity index (χ0n) is 15.0. The minimum Gasteiger partial charge on any atom is -0.361 e. The summed E-state index contributed by atoms with van der Waals surface area (Å²) in [5.41, 5.74) is 4.12. The zero-order chi connectivity index (χ0) is 17.8. The Bertz CT molecular complexity index is 873. The Balaban J connectivity index is 1.41. The monoisotopic (exact) mass is 352 g/mol. The highest BCUT2D eigenvalue weighted by atomic mass is 16.2. The molecule has 3 heterocycles. The van der Waals surface area contributed by atoms with E-state index in [1.165, 1.54) is 22.0 Å². The minimum absolute atomic E-state index is 0.178. The Morgan fingerprint density at radius 2 is 2.00 bits per heavy atom. The van der Waals surface area contributed by atoms with E-state index < -0.39 is 0 Å². The number of hydrogen-bond acceptors (Lipinski definition) is 4. The van der Waals surface area contributed by atoms with Gasteiger partial charge >= 0.3 is 0 Å². The number of hydrogen-bond donors (Lipinski definition) is 2. The average Bonchev–Trinajstić information content (AvgIpc) is 3.00. The number of likely N-dealkylation sites (tertiary alicyclic amines) is 1. The van der Waals surface area contributed by atoms with E-state index in [1.54, 1.807) is 0 Å². The van der Waals surface area contributed by atoms with Crippen LogP contribution in [0.2, 0.25) is 0 Å². The van der Waals surface area contributed by atoms with Crippen LogP contribution >= 0.6 is 0 Å². The summed E-state index contributed by atoms with van der Waals surface area (Å²) in [6.45, 7) is 2.49. The molecular formula is C20H24N4O2. The van der Waals surface area contributed by atoms with Gasteiger partial charge in [0, 0.05) is 42.1 Å². The third-order valence-corrected chi connectivity index (χ3v) is 6.34. The lowest BCUT2D eigenvalue weighted by Crippen LogP contribution is -2.55. The van der Waals surface area contributed by atoms with Gasteiger partial charge in [-0.05, 0) is 43.0 Å². The van der Waals surface area contributed by atoms with Gasteiger partial charge in [0.1, 0.15) is 0 Å². The highest BCUT2D eigenvalue weighted by Crippen LogP contribution is 2.44. The molecule has 0 bridgehead atoms. The molecule has 2 aliphatic heterocycles. The number of aromatic nitrogens is 1. The van der Waals surface area contributed by atoms with E-state index in [4.69, 9.17) is 0 Å². The maximum absolute atomic E-state index is 11.7. The van der Waals surface area contributed by atoms with E-state index in [0.29, 0.717) is 31.0 Å². The lowest BCUT2D eigenvalue weighted by atomic mass is 9.72. The molecule has 2 aromatic rings. The molecule has 2 N–H and O–H groups in total. The minimum atomic E-state index is -0.178. The maximum atomic E-state index is 11.7. The number of benzene rings is 1. The number of likely N-dealkylation sites (N-methyl/N-ethyl adjacent to an activating group) is 1. The summed E-state index contributed by atoms with van der Waals surface area (Å²) in [7, 11) is 2.22. The van der Waals surface area contributed by atoms with Crippen LogP contribution in [0, 0.1) is 5.92 Å². The number of piperazine rings is 1.